The first-order chi connectivity index (χ1) is 14.9. The summed E-state index contributed by atoms with van der Waals surface area (Å²) < 4.78 is 28.8. The van der Waals surface area contributed by atoms with Crippen molar-refractivity contribution in [3.63, 3.8) is 0 Å². The van der Waals surface area contributed by atoms with Crippen molar-refractivity contribution in [2.45, 2.75) is 56.4 Å². The number of sulfonamides is 1. The van der Waals surface area contributed by atoms with Gasteiger partial charge in [-0.05, 0) is 54.7 Å². The molecule has 0 heterocycles. The van der Waals surface area contributed by atoms with Crippen molar-refractivity contribution in [3.05, 3.63) is 64.1 Å². The first-order valence-electron chi connectivity index (χ1n) is 10.6. The fourth-order valence-electron chi connectivity index (χ4n) is 3.72. The lowest BCUT2D eigenvalue weighted by Gasteiger charge is -2.32. The number of rotatable bonds is 8. The molecule has 1 amide bonds. The molecule has 0 spiro atoms. The largest absolute Gasteiger partial charge is 0.272 e. The van der Waals surface area contributed by atoms with Gasteiger partial charge in [0.15, 0.2) is 0 Å². The Morgan fingerprint density at radius 3 is 2.35 bits per heavy atom. The van der Waals surface area contributed by atoms with Crippen LogP contribution in [0.3, 0.4) is 0 Å². The molecule has 166 valence electrons. The first kappa shape index (κ1) is 23.6. The van der Waals surface area contributed by atoms with E-state index in [1.54, 1.807) is 30.5 Å². The summed E-state index contributed by atoms with van der Waals surface area (Å²) in [7, 11) is -3.80. The average Bonchev–Trinajstić information content (AvgIpc) is 2.78. The maximum absolute atomic E-state index is 13.3. The Bertz CT molecular complexity index is 999. The maximum atomic E-state index is 13.3. The lowest BCUT2D eigenvalue weighted by atomic mass is 9.95. The SMILES string of the molecule is CCc1ccc(/C=N\NC(=O)CN(C2CCCCC2)S(=O)(=O)c2ccc(Br)cc2)cc1. The van der Waals surface area contributed by atoms with E-state index in [4.69, 9.17) is 0 Å². The molecule has 8 heteroatoms. The highest BCUT2D eigenvalue weighted by Crippen LogP contribution is 2.28. The van der Waals surface area contributed by atoms with E-state index in [1.807, 2.05) is 24.3 Å². The Labute approximate surface area is 192 Å². The van der Waals surface area contributed by atoms with Gasteiger partial charge in [-0.25, -0.2) is 13.8 Å². The molecule has 1 fully saturated rings. The van der Waals surface area contributed by atoms with Crippen LogP contribution in [0.1, 0.15) is 50.2 Å². The highest BCUT2D eigenvalue weighted by molar-refractivity contribution is 9.10. The third-order valence-corrected chi connectivity index (χ3v) is 7.93. The quantitative estimate of drug-likeness (QED) is 0.424. The van der Waals surface area contributed by atoms with E-state index in [-0.39, 0.29) is 17.5 Å². The smallest absolute Gasteiger partial charge is 0.255 e. The molecule has 1 saturated carbocycles. The topological polar surface area (TPSA) is 78.8 Å². The predicted molar refractivity (Wildman–Crippen MR) is 126 cm³/mol. The molecule has 0 bridgehead atoms. The number of carbonyl (C=O) groups excluding carboxylic acids is 1. The summed E-state index contributed by atoms with van der Waals surface area (Å²) in [5, 5.41) is 4.01. The van der Waals surface area contributed by atoms with Crippen molar-refractivity contribution >= 4 is 38.1 Å². The van der Waals surface area contributed by atoms with Crippen molar-refractivity contribution in [2.24, 2.45) is 5.10 Å². The fraction of sp³-hybridized carbons (Fsp3) is 0.391. The number of nitrogens with one attached hydrogen (secondary N) is 1. The molecular formula is C23H28BrN3O3S. The number of hydrogen-bond donors (Lipinski definition) is 1. The second-order valence-electron chi connectivity index (χ2n) is 7.68. The summed E-state index contributed by atoms with van der Waals surface area (Å²) in [5.74, 6) is -0.451. The fourth-order valence-corrected chi connectivity index (χ4v) is 5.62. The van der Waals surface area contributed by atoms with E-state index in [9.17, 15) is 13.2 Å². The number of benzene rings is 2. The lowest BCUT2D eigenvalue weighted by molar-refractivity contribution is -0.121. The molecule has 1 aliphatic rings. The second-order valence-corrected chi connectivity index (χ2v) is 10.5. The van der Waals surface area contributed by atoms with E-state index in [1.165, 1.54) is 9.87 Å². The Kier molecular flexibility index (Phi) is 8.40. The molecule has 0 saturated heterocycles. The Hall–Kier alpha value is -2.03. The Balaban J connectivity index is 1.72. The van der Waals surface area contributed by atoms with Crippen molar-refractivity contribution < 1.29 is 13.2 Å². The van der Waals surface area contributed by atoms with Gasteiger partial charge in [0.05, 0.1) is 17.7 Å². The molecule has 0 unspecified atom stereocenters. The summed E-state index contributed by atoms with van der Waals surface area (Å²) >= 11 is 3.33. The van der Waals surface area contributed by atoms with Gasteiger partial charge in [0.2, 0.25) is 10.0 Å². The van der Waals surface area contributed by atoms with Gasteiger partial charge in [0, 0.05) is 10.5 Å². The van der Waals surface area contributed by atoms with E-state index in [0.717, 1.165) is 48.6 Å². The Morgan fingerprint density at radius 2 is 1.74 bits per heavy atom. The molecule has 6 nitrogen and oxygen atoms in total. The van der Waals surface area contributed by atoms with Crippen LogP contribution in [0.15, 0.2) is 63.0 Å². The van der Waals surface area contributed by atoms with Crippen molar-refractivity contribution in [3.8, 4) is 0 Å². The third-order valence-electron chi connectivity index (χ3n) is 5.49. The van der Waals surface area contributed by atoms with Crippen LogP contribution < -0.4 is 5.43 Å². The number of nitrogens with zero attached hydrogens (tertiary/aromatic N) is 2. The number of hydrazone groups is 1. The summed E-state index contributed by atoms with van der Waals surface area (Å²) in [5.41, 5.74) is 4.57. The zero-order chi connectivity index (χ0) is 22.3. The summed E-state index contributed by atoms with van der Waals surface area (Å²) in [4.78, 5) is 12.8. The monoisotopic (exact) mass is 505 g/mol. The van der Waals surface area contributed by atoms with Crippen LogP contribution in [0.5, 0.6) is 0 Å². The lowest BCUT2D eigenvalue weighted by Crippen LogP contribution is -2.46. The number of halogens is 1. The molecule has 0 aliphatic heterocycles. The third kappa shape index (κ3) is 6.48. The van der Waals surface area contributed by atoms with E-state index < -0.39 is 15.9 Å². The highest BCUT2D eigenvalue weighted by atomic mass is 79.9. The van der Waals surface area contributed by atoms with Crippen molar-refractivity contribution in [1.82, 2.24) is 9.73 Å². The molecule has 1 aliphatic carbocycles. The normalized spacial score (nSPS) is 15.5. The van der Waals surface area contributed by atoms with Crippen molar-refractivity contribution in [1.29, 1.82) is 0 Å². The molecule has 0 atom stereocenters. The van der Waals surface area contributed by atoms with Crippen LogP contribution in [0, 0.1) is 0 Å². The van der Waals surface area contributed by atoms with E-state index >= 15 is 0 Å². The number of amides is 1. The van der Waals surface area contributed by atoms with Crippen LogP contribution in [-0.4, -0.2) is 37.4 Å². The molecule has 3 rings (SSSR count). The van der Waals surface area contributed by atoms with Crippen LogP contribution in [0.2, 0.25) is 0 Å². The van der Waals surface area contributed by atoms with Gasteiger partial charge in [-0.1, -0.05) is 66.4 Å². The second kappa shape index (κ2) is 11.0. The molecule has 31 heavy (non-hydrogen) atoms. The standard InChI is InChI=1S/C23H28BrN3O3S/c1-2-18-8-10-19(11-9-18)16-25-26-23(28)17-27(21-6-4-3-5-7-21)31(29,30)22-14-12-20(24)13-15-22/h8-16,21H,2-7,17H2,1H3,(H,26,28)/b25-16-. The molecule has 2 aromatic carbocycles. The summed E-state index contributed by atoms with van der Waals surface area (Å²) in [6.07, 6.45) is 7.06. The van der Waals surface area contributed by atoms with Gasteiger partial charge >= 0.3 is 0 Å². The minimum absolute atomic E-state index is 0.182. The molecular weight excluding hydrogens is 478 g/mol. The minimum atomic E-state index is -3.80. The van der Waals surface area contributed by atoms with E-state index in [2.05, 4.69) is 33.4 Å². The number of hydrogen-bond acceptors (Lipinski definition) is 4. The van der Waals surface area contributed by atoms with Crippen molar-refractivity contribution in [2.75, 3.05) is 6.54 Å². The van der Waals surface area contributed by atoms with Gasteiger partial charge in [-0.3, -0.25) is 4.79 Å². The van der Waals surface area contributed by atoms with E-state index in [0.29, 0.717) is 0 Å². The average molecular weight is 506 g/mol. The highest BCUT2D eigenvalue weighted by Gasteiger charge is 2.33. The van der Waals surface area contributed by atoms with Gasteiger partial charge in [0.1, 0.15) is 0 Å². The van der Waals surface area contributed by atoms with Gasteiger partial charge in [-0.2, -0.15) is 9.41 Å². The van der Waals surface area contributed by atoms with Gasteiger partial charge in [0.25, 0.3) is 5.91 Å². The predicted octanol–water partition coefficient (Wildman–Crippen LogP) is 4.49. The van der Waals surface area contributed by atoms with Crippen LogP contribution in [-0.2, 0) is 21.2 Å². The summed E-state index contributed by atoms with van der Waals surface area (Å²) in [6, 6.07) is 14.2. The Morgan fingerprint density at radius 1 is 1.10 bits per heavy atom. The maximum Gasteiger partial charge on any atom is 0.255 e. The number of carbonyl (C=O) groups is 1. The summed E-state index contributed by atoms with van der Waals surface area (Å²) in [6.45, 7) is 1.83. The minimum Gasteiger partial charge on any atom is -0.272 e. The molecule has 2 aromatic rings. The zero-order valence-corrected chi connectivity index (χ0v) is 20.0. The molecule has 0 aromatic heterocycles. The van der Waals surface area contributed by atoms with Crippen LogP contribution in [0.4, 0.5) is 0 Å². The first-order valence-corrected chi connectivity index (χ1v) is 12.8. The van der Waals surface area contributed by atoms with Crippen LogP contribution in [0.25, 0.3) is 0 Å². The van der Waals surface area contributed by atoms with Gasteiger partial charge in [-0.15, -0.1) is 0 Å². The van der Waals surface area contributed by atoms with Gasteiger partial charge < -0.3 is 0 Å². The molecule has 0 radical (unpaired) electrons. The molecule has 1 N–H and O–H groups in total. The van der Waals surface area contributed by atoms with Crippen LogP contribution >= 0.6 is 15.9 Å². The zero-order valence-electron chi connectivity index (χ0n) is 17.6. The number of aryl methyl sites for hydroxylation is 1.